The molecule has 6 heteroatoms. The summed E-state index contributed by atoms with van der Waals surface area (Å²) in [6.07, 6.45) is 1.47. The average Bonchev–Trinajstić information content (AvgIpc) is 2.92. The van der Waals surface area contributed by atoms with E-state index in [1.807, 2.05) is 24.3 Å². The van der Waals surface area contributed by atoms with Gasteiger partial charge in [-0.15, -0.1) is 0 Å². The molecule has 0 aliphatic heterocycles. The third-order valence-corrected chi connectivity index (χ3v) is 3.74. The summed E-state index contributed by atoms with van der Waals surface area (Å²) in [4.78, 5) is 4.18. The van der Waals surface area contributed by atoms with Gasteiger partial charge in [-0.2, -0.15) is 5.10 Å². The van der Waals surface area contributed by atoms with E-state index in [1.165, 1.54) is 29.2 Å². The molecule has 0 saturated heterocycles. The van der Waals surface area contributed by atoms with Crippen LogP contribution in [-0.4, -0.2) is 14.8 Å². The molecule has 0 aliphatic carbocycles. The van der Waals surface area contributed by atoms with Gasteiger partial charge >= 0.3 is 0 Å². The topological polar surface area (TPSA) is 30.7 Å². The van der Waals surface area contributed by atoms with E-state index in [2.05, 4.69) is 32.7 Å². The van der Waals surface area contributed by atoms with Crippen molar-refractivity contribution < 1.29 is 8.78 Å². The molecule has 0 atom stereocenters. The lowest BCUT2D eigenvalue weighted by Gasteiger charge is -2.04. The minimum atomic E-state index is -0.582. The van der Waals surface area contributed by atoms with E-state index in [4.69, 9.17) is 0 Å². The molecule has 0 unspecified atom stereocenters. The van der Waals surface area contributed by atoms with Crippen molar-refractivity contribution in [1.29, 1.82) is 0 Å². The molecule has 1 heterocycles. The van der Waals surface area contributed by atoms with Gasteiger partial charge < -0.3 is 0 Å². The Kier molecular flexibility index (Phi) is 3.96. The molecule has 3 aromatic rings. The Morgan fingerprint density at radius 1 is 1.00 bits per heavy atom. The standard InChI is InChI=1S/C15H10F2IN3/c16-13-2-1-3-14(17)12(13)8-21-9-19-15(20-21)10-4-6-11(18)7-5-10/h1-7,9H,8H2. The van der Waals surface area contributed by atoms with Gasteiger partial charge in [-0.05, 0) is 46.9 Å². The normalized spacial score (nSPS) is 10.8. The molecule has 0 aliphatic rings. The van der Waals surface area contributed by atoms with Crippen LogP contribution in [0, 0.1) is 15.2 Å². The first-order chi connectivity index (χ1) is 10.1. The van der Waals surface area contributed by atoms with Crippen molar-refractivity contribution in [2.24, 2.45) is 0 Å². The summed E-state index contributed by atoms with van der Waals surface area (Å²) in [5.74, 6) is -0.634. The molecule has 1 aromatic heterocycles. The largest absolute Gasteiger partial charge is 0.248 e. The van der Waals surface area contributed by atoms with Gasteiger partial charge in [-0.1, -0.05) is 18.2 Å². The number of halogens is 3. The second-order valence-corrected chi connectivity index (χ2v) is 5.72. The maximum absolute atomic E-state index is 13.6. The van der Waals surface area contributed by atoms with Crippen LogP contribution in [0.25, 0.3) is 11.4 Å². The Morgan fingerprint density at radius 3 is 2.33 bits per heavy atom. The van der Waals surface area contributed by atoms with Gasteiger partial charge in [0, 0.05) is 14.7 Å². The van der Waals surface area contributed by atoms with Gasteiger partial charge in [-0.25, -0.2) is 18.4 Å². The minimum Gasteiger partial charge on any atom is -0.248 e. The van der Waals surface area contributed by atoms with Gasteiger partial charge in [-0.3, -0.25) is 0 Å². The molecule has 0 bridgehead atoms. The Hall–Kier alpha value is -1.83. The van der Waals surface area contributed by atoms with Crippen LogP contribution in [-0.2, 0) is 6.54 Å². The van der Waals surface area contributed by atoms with E-state index >= 15 is 0 Å². The SMILES string of the molecule is Fc1cccc(F)c1Cn1cnc(-c2ccc(I)cc2)n1. The molecule has 2 aromatic carbocycles. The summed E-state index contributed by atoms with van der Waals surface area (Å²) in [6.45, 7) is 0.00980. The third kappa shape index (κ3) is 3.10. The molecule has 3 nitrogen and oxygen atoms in total. The molecule has 0 N–H and O–H groups in total. The van der Waals surface area contributed by atoms with Crippen LogP contribution in [0.15, 0.2) is 48.8 Å². The molecule has 3 rings (SSSR count). The molecule has 21 heavy (non-hydrogen) atoms. The molecular formula is C15H10F2IN3. The molecule has 0 radical (unpaired) electrons. The van der Waals surface area contributed by atoms with Gasteiger partial charge in [0.2, 0.25) is 0 Å². The van der Waals surface area contributed by atoms with Gasteiger partial charge in [0.15, 0.2) is 5.82 Å². The molecule has 0 spiro atoms. The fourth-order valence-electron chi connectivity index (χ4n) is 1.95. The number of aromatic nitrogens is 3. The van der Waals surface area contributed by atoms with Crippen LogP contribution >= 0.6 is 22.6 Å². The number of nitrogens with zero attached hydrogens (tertiary/aromatic N) is 3. The predicted molar refractivity (Wildman–Crippen MR) is 83.6 cm³/mol. The van der Waals surface area contributed by atoms with E-state index < -0.39 is 11.6 Å². The van der Waals surface area contributed by atoms with E-state index in [0.29, 0.717) is 5.82 Å². The first-order valence-corrected chi connectivity index (χ1v) is 7.29. The van der Waals surface area contributed by atoms with Crippen LogP contribution in [0.5, 0.6) is 0 Å². The van der Waals surface area contributed by atoms with Gasteiger partial charge in [0.25, 0.3) is 0 Å². The molecule has 106 valence electrons. The van der Waals surface area contributed by atoms with Gasteiger partial charge in [0.05, 0.1) is 6.54 Å². The quantitative estimate of drug-likeness (QED) is 0.629. The molecule has 0 saturated carbocycles. The van der Waals surface area contributed by atoms with Crippen LogP contribution < -0.4 is 0 Å². The van der Waals surface area contributed by atoms with E-state index in [-0.39, 0.29) is 12.1 Å². The zero-order valence-corrected chi connectivity index (χ0v) is 13.0. The number of hydrogen-bond acceptors (Lipinski definition) is 2. The van der Waals surface area contributed by atoms with Crippen molar-refractivity contribution in [3.8, 4) is 11.4 Å². The van der Waals surface area contributed by atoms with Crippen molar-refractivity contribution in [2.75, 3.05) is 0 Å². The average molecular weight is 397 g/mol. The Bertz CT molecular complexity index is 749. The van der Waals surface area contributed by atoms with Crippen LogP contribution in [0.4, 0.5) is 8.78 Å². The highest BCUT2D eigenvalue weighted by Gasteiger charge is 2.11. The maximum atomic E-state index is 13.6. The highest BCUT2D eigenvalue weighted by atomic mass is 127. The number of benzene rings is 2. The van der Waals surface area contributed by atoms with Crippen molar-refractivity contribution in [3.05, 3.63) is 69.6 Å². The van der Waals surface area contributed by atoms with Crippen molar-refractivity contribution in [1.82, 2.24) is 14.8 Å². The van der Waals surface area contributed by atoms with Gasteiger partial charge in [0.1, 0.15) is 18.0 Å². The first kappa shape index (κ1) is 14.1. The Labute approximate surface area is 133 Å². The van der Waals surface area contributed by atoms with Crippen molar-refractivity contribution >= 4 is 22.6 Å². The lowest BCUT2D eigenvalue weighted by molar-refractivity contribution is 0.533. The number of hydrogen-bond donors (Lipinski definition) is 0. The second kappa shape index (κ2) is 5.88. The van der Waals surface area contributed by atoms with Crippen LogP contribution in [0.3, 0.4) is 0 Å². The number of rotatable bonds is 3. The summed E-state index contributed by atoms with van der Waals surface area (Å²) in [6, 6.07) is 11.5. The zero-order valence-electron chi connectivity index (χ0n) is 10.8. The third-order valence-electron chi connectivity index (χ3n) is 3.02. The summed E-state index contributed by atoms with van der Waals surface area (Å²) < 4.78 is 29.8. The summed E-state index contributed by atoms with van der Waals surface area (Å²) >= 11 is 2.21. The maximum Gasteiger partial charge on any atom is 0.181 e. The minimum absolute atomic E-state index is 0.00980. The second-order valence-electron chi connectivity index (χ2n) is 4.47. The summed E-state index contributed by atoms with van der Waals surface area (Å²) in [5, 5.41) is 4.26. The first-order valence-electron chi connectivity index (χ1n) is 6.22. The Morgan fingerprint density at radius 2 is 1.67 bits per heavy atom. The summed E-state index contributed by atoms with van der Waals surface area (Å²) in [5.41, 5.74) is 0.847. The summed E-state index contributed by atoms with van der Waals surface area (Å²) in [7, 11) is 0. The lowest BCUT2D eigenvalue weighted by Crippen LogP contribution is -2.05. The van der Waals surface area contributed by atoms with E-state index in [9.17, 15) is 8.78 Å². The predicted octanol–water partition coefficient (Wildman–Crippen LogP) is 3.88. The van der Waals surface area contributed by atoms with E-state index in [1.54, 1.807) is 0 Å². The fourth-order valence-corrected chi connectivity index (χ4v) is 2.31. The van der Waals surface area contributed by atoms with Crippen LogP contribution in [0.2, 0.25) is 0 Å². The molecule has 0 fully saturated rings. The lowest BCUT2D eigenvalue weighted by atomic mass is 10.2. The van der Waals surface area contributed by atoms with Crippen molar-refractivity contribution in [3.63, 3.8) is 0 Å². The monoisotopic (exact) mass is 397 g/mol. The van der Waals surface area contributed by atoms with E-state index in [0.717, 1.165) is 9.13 Å². The smallest absolute Gasteiger partial charge is 0.181 e. The highest BCUT2D eigenvalue weighted by molar-refractivity contribution is 14.1. The molecule has 0 amide bonds. The zero-order chi connectivity index (χ0) is 14.8. The molecular weight excluding hydrogens is 387 g/mol. The van der Waals surface area contributed by atoms with Crippen molar-refractivity contribution in [2.45, 2.75) is 6.54 Å². The fraction of sp³-hybridized carbons (Fsp3) is 0.0667. The Balaban J connectivity index is 1.87. The van der Waals surface area contributed by atoms with Crippen LogP contribution in [0.1, 0.15) is 5.56 Å². The highest BCUT2D eigenvalue weighted by Crippen LogP contribution is 2.17.